The number of rotatable bonds is 2. The van der Waals surface area contributed by atoms with Gasteiger partial charge in [-0.15, -0.1) is 0 Å². The topological polar surface area (TPSA) is 75.6 Å². The first-order valence-corrected chi connectivity index (χ1v) is 6.95. The minimum atomic E-state index is -1.01. The van der Waals surface area contributed by atoms with Crippen molar-refractivity contribution < 1.29 is 19.4 Å². The van der Waals surface area contributed by atoms with Crippen LogP contribution in [-0.2, 0) is 14.3 Å². The predicted octanol–water partition coefficient (Wildman–Crippen LogP) is 2.47. The van der Waals surface area contributed by atoms with Crippen molar-refractivity contribution in [2.45, 2.75) is 18.4 Å². The van der Waals surface area contributed by atoms with E-state index in [1.54, 1.807) is 12.1 Å². The average Bonchev–Trinajstić information content (AvgIpc) is 2.35. The van der Waals surface area contributed by atoms with Crippen LogP contribution in [0.2, 0.25) is 5.02 Å². The van der Waals surface area contributed by atoms with Gasteiger partial charge in [0.15, 0.2) is 0 Å². The summed E-state index contributed by atoms with van der Waals surface area (Å²) in [6, 6.07) is 2.54. The third-order valence-corrected chi connectivity index (χ3v) is 4.14. The Balaban J connectivity index is 2.53. The van der Waals surface area contributed by atoms with E-state index < -0.39 is 23.9 Å². The molecule has 1 aromatic rings. The van der Waals surface area contributed by atoms with Gasteiger partial charge >= 0.3 is 11.9 Å². The highest BCUT2D eigenvalue weighted by atomic mass is 127. The quantitative estimate of drug-likeness (QED) is 0.594. The highest BCUT2D eigenvalue weighted by Gasteiger charge is 2.36. The zero-order chi connectivity index (χ0) is 14.2. The molecule has 1 aliphatic rings. The molecule has 0 spiro atoms. The fourth-order valence-electron chi connectivity index (χ4n) is 2.18. The van der Waals surface area contributed by atoms with Crippen LogP contribution in [0.4, 0.5) is 5.69 Å². The molecule has 2 rings (SSSR count). The molecule has 1 aromatic carbocycles. The van der Waals surface area contributed by atoms with Crippen molar-refractivity contribution in [1.29, 1.82) is 0 Å². The molecule has 0 saturated carbocycles. The summed E-state index contributed by atoms with van der Waals surface area (Å²) in [5.74, 6) is -2.03. The Hall–Kier alpha value is -1.02. The van der Waals surface area contributed by atoms with Gasteiger partial charge in [-0.1, -0.05) is 11.6 Å². The maximum Gasteiger partial charge on any atom is 0.326 e. The molecule has 0 aromatic heterocycles. The molecule has 0 amide bonds. The molecular weight excluding hydrogens is 384 g/mol. The van der Waals surface area contributed by atoms with Crippen LogP contribution in [0.25, 0.3) is 0 Å². The number of fused-ring (bicyclic) bond motifs is 1. The Bertz CT molecular complexity index is 549. The van der Waals surface area contributed by atoms with Crippen LogP contribution in [0.3, 0.4) is 0 Å². The number of nitrogens with one attached hydrogen (secondary N) is 1. The summed E-state index contributed by atoms with van der Waals surface area (Å²) in [6.45, 7) is 0. The van der Waals surface area contributed by atoms with Gasteiger partial charge in [0, 0.05) is 19.8 Å². The van der Waals surface area contributed by atoms with Crippen molar-refractivity contribution in [2.75, 3.05) is 12.4 Å². The van der Waals surface area contributed by atoms with Crippen LogP contribution in [0, 0.1) is 3.57 Å². The summed E-state index contributed by atoms with van der Waals surface area (Å²) in [4.78, 5) is 23.0. The van der Waals surface area contributed by atoms with E-state index in [2.05, 4.69) is 27.9 Å². The number of anilines is 1. The normalized spacial score (nSPS) is 21.2. The first-order valence-electron chi connectivity index (χ1n) is 5.50. The number of carboxylic acids is 1. The Morgan fingerprint density at radius 1 is 1.53 bits per heavy atom. The summed E-state index contributed by atoms with van der Waals surface area (Å²) in [7, 11) is 1.29. The number of ether oxygens (including phenoxy) is 1. The molecule has 2 unspecified atom stereocenters. The molecule has 0 fully saturated rings. The lowest BCUT2D eigenvalue weighted by Crippen LogP contribution is -2.38. The molecule has 1 aliphatic heterocycles. The number of carbonyl (C=O) groups is 2. The zero-order valence-electron chi connectivity index (χ0n) is 9.94. The fourth-order valence-corrected chi connectivity index (χ4v) is 3.58. The summed E-state index contributed by atoms with van der Waals surface area (Å²) < 4.78 is 5.58. The highest BCUT2D eigenvalue weighted by molar-refractivity contribution is 14.1. The molecule has 0 aliphatic carbocycles. The second-order valence-electron chi connectivity index (χ2n) is 4.20. The Kier molecular flexibility index (Phi) is 4.19. The van der Waals surface area contributed by atoms with E-state index in [1.165, 1.54) is 7.11 Å². The van der Waals surface area contributed by atoms with E-state index in [4.69, 9.17) is 21.4 Å². The standard InChI is InChI=1S/C12H11ClINO4/c1-19-12(18)6-4-9(11(16)17)15-8-3-5(13)2-7(14)10(6)8/h2-3,6,9,15H,4H2,1H3,(H,16,17). The van der Waals surface area contributed by atoms with Crippen molar-refractivity contribution in [1.82, 2.24) is 0 Å². The van der Waals surface area contributed by atoms with Gasteiger partial charge in [0.1, 0.15) is 6.04 Å². The molecular formula is C12H11ClINO4. The van der Waals surface area contributed by atoms with Crippen molar-refractivity contribution in [3.05, 3.63) is 26.3 Å². The lowest BCUT2D eigenvalue weighted by Gasteiger charge is -2.30. The van der Waals surface area contributed by atoms with Gasteiger partial charge in [0.2, 0.25) is 0 Å². The number of carbonyl (C=O) groups excluding carboxylic acids is 1. The van der Waals surface area contributed by atoms with Crippen molar-refractivity contribution in [3.63, 3.8) is 0 Å². The van der Waals surface area contributed by atoms with Crippen LogP contribution in [-0.4, -0.2) is 30.2 Å². The number of esters is 1. The average molecular weight is 396 g/mol. The van der Waals surface area contributed by atoms with Crippen LogP contribution in [0.5, 0.6) is 0 Å². The largest absolute Gasteiger partial charge is 0.480 e. The summed E-state index contributed by atoms with van der Waals surface area (Å²) >= 11 is 8.04. The SMILES string of the molecule is COC(=O)C1CC(C(=O)O)Nc2cc(Cl)cc(I)c21. The van der Waals surface area contributed by atoms with Crippen molar-refractivity contribution in [3.8, 4) is 0 Å². The molecule has 1 heterocycles. The number of methoxy groups -OCH3 is 1. The molecule has 5 nitrogen and oxygen atoms in total. The number of carboxylic acid groups (broad SMARTS) is 1. The van der Waals surface area contributed by atoms with E-state index in [0.29, 0.717) is 10.7 Å². The number of halogens is 2. The summed E-state index contributed by atoms with van der Waals surface area (Å²) in [5.41, 5.74) is 1.32. The van der Waals surface area contributed by atoms with Crippen LogP contribution in [0.15, 0.2) is 12.1 Å². The predicted molar refractivity (Wildman–Crippen MR) is 78.6 cm³/mol. The van der Waals surface area contributed by atoms with Crippen molar-refractivity contribution >= 4 is 51.8 Å². The third kappa shape index (κ3) is 2.79. The first-order chi connectivity index (χ1) is 8.93. The molecule has 0 radical (unpaired) electrons. The second kappa shape index (κ2) is 5.54. The van der Waals surface area contributed by atoms with E-state index in [0.717, 1.165) is 9.13 Å². The van der Waals surface area contributed by atoms with Gasteiger partial charge in [-0.25, -0.2) is 4.79 Å². The highest BCUT2D eigenvalue weighted by Crippen LogP contribution is 2.39. The lowest BCUT2D eigenvalue weighted by molar-refractivity contribution is -0.143. The van der Waals surface area contributed by atoms with Gasteiger partial charge in [0.25, 0.3) is 0 Å². The monoisotopic (exact) mass is 395 g/mol. The minimum Gasteiger partial charge on any atom is -0.480 e. The van der Waals surface area contributed by atoms with Crippen molar-refractivity contribution in [2.24, 2.45) is 0 Å². The number of aliphatic carboxylic acids is 1. The van der Waals surface area contributed by atoms with Gasteiger partial charge in [-0.2, -0.15) is 0 Å². The molecule has 2 atom stereocenters. The molecule has 7 heteroatoms. The van der Waals surface area contributed by atoms with Crippen LogP contribution >= 0.6 is 34.2 Å². The summed E-state index contributed by atoms with van der Waals surface area (Å²) in [5, 5.41) is 12.5. The maximum atomic E-state index is 11.9. The van der Waals surface area contributed by atoms with E-state index in [-0.39, 0.29) is 6.42 Å². The van der Waals surface area contributed by atoms with Crippen LogP contribution in [0.1, 0.15) is 17.9 Å². The van der Waals surface area contributed by atoms with Crippen LogP contribution < -0.4 is 5.32 Å². The third-order valence-electron chi connectivity index (χ3n) is 3.03. The zero-order valence-corrected chi connectivity index (χ0v) is 12.9. The first kappa shape index (κ1) is 14.4. The Morgan fingerprint density at radius 3 is 2.79 bits per heavy atom. The molecule has 19 heavy (non-hydrogen) atoms. The Morgan fingerprint density at radius 2 is 2.21 bits per heavy atom. The van der Waals surface area contributed by atoms with Gasteiger partial charge in [-0.05, 0) is 41.1 Å². The van der Waals surface area contributed by atoms with Gasteiger partial charge < -0.3 is 15.2 Å². The Labute approximate surface area is 128 Å². The van der Waals surface area contributed by atoms with E-state index in [1.807, 2.05) is 0 Å². The van der Waals surface area contributed by atoms with E-state index in [9.17, 15) is 9.59 Å². The molecule has 0 bridgehead atoms. The molecule has 2 N–H and O–H groups in total. The number of hydrogen-bond acceptors (Lipinski definition) is 4. The summed E-state index contributed by atoms with van der Waals surface area (Å²) in [6.07, 6.45) is 0.159. The molecule has 102 valence electrons. The van der Waals surface area contributed by atoms with Gasteiger partial charge in [0.05, 0.1) is 13.0 Å². The number of benzene rings is 1. The van der Waals surface area contributed by atoms with Gasteiger partial charge in [-0.3, -0.25) is 4.79 Å². The maximum absolute atomic E-state index is 11.9. The smallest absolute Gasteiger partial charge is 0.326 e. The molecule has 0 saturated heterocycles. The second-order valence-corrected chi connectivity index (χ2v) is 5.79. The lowest BCUT2D eigenvalue weighted by atomic mass is 9.87. The minimum absolute atomic E-state index is 0.159. The number of hydrogen-bond donors (Lipinski definition) is 2. The van der Waals surface area contributed by atoms with E-state index >= 15 is 0 Å². The fraction of sp³-hybridized carbons (Fsp3) is 0.333.